The summed E-state index contributed by atoms with van der Waals surface area (Å²) in [7, 11) is 0. The van der Waals surface area contributed by atoms with Gasteiger partial charge in [0, 0.05) is 25.0 Å². The highest BCUT2D eigenvalue weighted by atomic mass is 15.3. The Morgan fingerprint density at radius 2 is 2.58 bits per heavy atom. The van der Waals surface area contributed by atoms with E-state index < -0.39 is 0 Å². The lowest BCUT2D eigenvalue weighted by Gasteiger charge is -2.22. The lowest BCUT2D eigenvalue weighted by atomic mass is 10.3. The molecule has 2 aliphatic rings. The molecule has 0 aliphatic carbocycles. The zero-order chi connectivity index (χ0) is 8.55. The third-order valence-corrected chi connectivity index (χ3v) is 2.04. The maximum atomic E-state index is 5.58. The molecule has 0 saturated carbocycles. The standard InChI is InChI=1S/C8H12N4/c1-6-5-12-7(4-9)2-3-10-8(12)11-6/h2-3,6H,4-5,9H2,1H3. The van der Waals surface area contributed by atoms with E-state index in [1.165, 1.54) is 0 Å². The van der Waals surface area contributed by atoms with Crippen molar-refractivity contribution in [2.45, 2.75) is 13.0 Å². The molecule has 2 aliphatic heterocycles. The first kappa shape index (κ1) is 7.49. The van der Waals surface area contributed by atoms with E-state index in [-0.39, 0.29) is 0 Å². The highest BCUT2D eigenvalue weighted by Gasteiger charge is 2.25. The summed E-state index contributed by atoms with van der Waals surface area (Å²) >= 11 is 0. The second-order valence-electron chi connectivity index (χ2n) is 3.03. The SMILES string of the molecule is CC1CN2C(CN)=CC=NC2=N1. The van der Waals surface area contributed by atoms with Crippen LogP contribution in [0.3, 0.4) is 0 Å². The average Bonchev–Trinajstić information content (AvgIpc) is 2.44. The number of guanidine groups is 1. The Hall–Kier alpha value is -1.16. The molecular weight excluding hydrogens is 152 g/mol. The molecule has 0 amide bonds. The van der Waals surface area contributed by atoms with Crippen LogP contribution in [0.25, 0.3) is 0 Å². The number of hydrogen-bond donors (Lipinski definition) is 1. The first-order valence-electron chi connectivity index (χ1n) is 4.10. The Bertz CT molecular complexity index is 277. The van der Waals surface area contributed by atoms with Crippen LogP contribution in [0.1, 0.15) is 6.92 Å². The van der Waals surface area contributed by atoms with Gasteiger partial charge in [-0.2, -0.15) is 0 Å². The van der Waals surface area contributed by atoms with Crippen LogP contribution in [-0.2, 0) is 0 Å². The van der Waals surface area contributed by atoms with Gasteiger partial charge in [-0.3, -0.25) is 0 Å². The monoisotopic (exact) mass is 164 g/mol. The molecule has 0 saturated heterocycles. The normalized spacial score (nSPS) is 26.8. The predicted octanol–water partition coefficient (Wildman–Crippen LogP) is -0.0265. The average molecular weight is 164 g/mol. The topological polar surface area (TPSA) is 54.0 Å². The zero-order valence-electron chi connectivity index (χ0n) is 7.07. The molecule has 0 bridgehead atoms. The van der Waals surface area contributed by atoms with Crippen molar-refractivity contribution in [1.82, 2.24) is 4.90 Å². The smallest absolute Gasteiger partial charge is 0.225 e. The summed E-state index contributed by atoms with van der Waals surface area (Å²) in [6.45, 7) is 3.54. The third-order valence-electron chi connectivity index (χ3n) is 2.04. The maximum absolute atomic E-state index is 5.58. The highest BCUT2D eigenvalue weighted by molar-refractivity contribution is 5.96. The number of nitrogens with zero attached hydrogens (tertiary/aromatic N) is 3. The Morgan fingerprint density at radius 3 is 3.33 bits per heavy atom. The summed E-state index contributed by atoms with van der Waals surface area (Å²) in [4.78, 5) is 10.6. The minimum absolute atomic E-state index is 0.338. The number of rotatable bonds is 1. The largest absolute Gasteiger partial charge is 0.325 e. The maximum Gasteiger partial charge on any atom is 0.225 e. The van der Waals surface area contributed by atoms with Crippen LogP contribution >= 0.6 is 0 Å². The fraction of sp³-hybridized carbons (Fsp3) is 0.500. The summed E-state index contributed by atoms with van der Waals surface area (Å²) in [5, 5.41) is 0. The van der Waals surface area contributed by atoms with Gasteiger partial charge < -0.3 is 10.6 Å². The second-order valence-corrected chi connectivity index (χ2v) is 3.03. The molecule has 2 N–H and O–H groups in total. The fourth-order valence-electron chi connectivity index (χ4n) is 1.46. The summed E-state index contributed by atoms with van der Waals surface area (Å²) < 4.78 is 0. The number of aliphatic imine (C=N–C) groups is 2. The van der Waals surface area contributed by atoms with Gasteiger partial charge in [0.1, 0.15) is 0 Å². The van der Waals surface area contributed by atoms with E-state index in [2.05, 4.69) is 21.8 Å². The lowest BCUT2D eigenvalue weighted by Crippen LogP contribution is -2.32. The molecule has 2 rings (SSSR count). The van der Waals surface area contributed by atoms with Crippen molar-refractivity contribution in [3.63, 3.8) is 0 Å². The molecule has 0 aromatic rings. The molecule has 4 nitrogen and oxygen atoms in total. The molecule has 1 unspecified atom stereocenters. The molecule has 2 heterocycles. The van der Waals surface area contributed by atoms with Gasteiger partial charge in [0.25, 0.3) is 0 Å². The van der Waals surface area contributed by atoms with Crippen molar-refractivity contribution < 1.29 is 0 Å². The van der Waals surface area contributed by atoms with Crippen molar-refractivity contribution in [1.29, 1.82) is 0 Å². The first-order valence-corrected chi connectivity index (χ1v) is 4.10. The Morgan fingerprint density at radius 1 is 1.75 bits per heavy atom. The molecule has 0 aromatic heterocycles. The van der Waals surface area contributed by atoms with Crippen LogP contribution < -0.4 is 5.73 Å². The van der Waals surface area contributed by atoms with Crippen molar-refractivity contribution in [2.75, 3.05) is 13.1 Å². The molecular formula is C8H12N4. The molecule has 0 fully saturated rings. The van der Waals surface area contributed by atoms with Gasteiger partial charge in [-0.05, 0) is 13.0 Å². The second kappa shape index (κ2) is 2.71. The van der Waals surface area contributed by atoms with Crippen molar-refractivity contribution >= 4 is 12.2 Å². The number of allylic oxidation sites excluding steroid dienone is 1. The minimum atomic E-state index is 0.338. The number of nitrogens with two attached hydrogens (primary N) is 1. The molecule has 0 spiro atoms. The summed E-state index contributed by atoms with van der Waals surface area (Å²) in [6.07, 6.45) is 3.70. The van der Waals surface area contributed by atoms with E-state index in [1.54, 1.807) is 6.21 Å². The Labute approximate surface area is 71.5 Å². The van der Waals surface area contributed by atoms with E-state index in [0.29, 0.717) is 12.6 Å². The molecule has 4 heteroatoms. The summed E-state index contributed by atoms with van der Waals surface area (Å²) in [6, 6.07) is 0.338. The zero-order valence-corrected chi connectivity index (χ0v) is 7.07. The van der Waals surface area contributed by atoms with Gasteiger partial charge in [0.05, 0.1) is 6.04 Å². The van der Waals surface area contributed by atoms with E-state index in [9.17, 15) is 0 Å². The van der Waals surface area contributed by atoms with Crippen molar-refractivity contribution in [3.05, 3.63) is 11.8 Å². The van der Waals surface area contributed by atoms with E-state index in [0.717, 1.165) is 18.2 Å². The Balaban J connectivity index is 2.28. The number of fused-ring (bicyclic) bond motifs is 1. The van der Waals surface area contributed by atoms with Gasteiger partial charge in [-0.15, -0.1) is 0 Å². The van der Waals surface area contributed by atoms with Gasteiger partial charge in [0.15, 0.2) is 0 Å². The quantitative estimate of drug-likeness (QED) is 0.592. The molecule has 12 heavy (non-hydrogen) atoms. The van der Waals surface area contributed by atoms with Gasteiger partial charge in [-0.25, -0.2) is 9.98 Å². The fourth-order valence-corrected chi connectivity index (χ4v) is 1.46. The van der Waals surface area contributed by atoms with Crippen LogP contribution in [0, 0.1) is 0 Å². The van der Waals surface area contributed by atoms with Gasteiger partial charge in [0.2, 0.25) is 5.96 Å². The van der Waals surface area contributed by atoms with Crippen LogP contribution in [0.5, 0.6) is 0 Å². The molecule has 0 aromatic carbocycles. The van der Waals surface area contributed by atoms with Crippen LogP contribution in [-0.4, -0.2) is 36.2 Å². The summed E-state index contributed by atoms with van der Waals surface area (Å²) in [5.74, 6) is 0.811. The van der Waals surface area contributed by atoms with Crippen molar-refractivity contribution in [2.24, 2.45) is 15.7 Å². The first-order chi connectivity index (χ1) is 5.81. The van der Waals surface area contributed by atoms with Gasteiger partial charge >= 0.3 is 0 Å². The van der Waals surface area contributed by atoms with Crippen LogP contribution in [0.15, 0.2) is 21.8 Å². The van der Waals surface area contributed by atoms with E-state index in [4.69, 9.17) is 5.73 Å². The molecule has 0 radical (unpaired) electrons. The van der Waals surface area contributed by atoms with E-state index >= 15 is 0 Å². The minimum Gasteiger partial charge on any atom is -0.325 e. The number of hydrogen-bond acceptors (Lipinski definition) is 4. The molecule has 1 atom stereocenters. The van der Waals surface area contributed by atoms with E-state index in [1.807, 2.05) is 6.08 Å². The predicted molar refractivity (Wildman–Crippen MR) is 49.2 cm³/mol. The van der Waals surface area contributed by atoms with Gasteiger partial charge in [-0.1, -0.05) is 0 Å². The lowest BCUT2D eigenvalue weighted by molar-refractivity contribution is 0.506. The molecule has 64 valence electrons. The highest BCUT2D eigenvalue weighted by Crippen LogP contribution is 2.17. The van der Waals surface area contributed by atoms with Crippen LogP contribution in [0.2, 0.25) is 0 Å². The van der Waals surface area contributed by atoms with Crippen molar-refractivity contribution in [3.8, 4) is 0 Å². The van der Waals surface area contributed by atoms with Crippen LogP contribution in [0.4, 0.5) is 0 Å². The summed E-state index contributed by atoms with van der Waals surface area (Å²) in [5.41, 5.74) is 6.68. The third kappa shape index (κ3) is 1.04. The Kier molecular flexibility index (Phi) is 1.69.